The van der Waals surface area contributed by atoms with Crippen LogP contribution in [0, 0.1) is 0 Å². The summed E-state index contributed by atoms with van der Waals surface area (Å²) in [7, 11) is -2.24. The fourth-order valence-corrected chi connectivity index (χ4v) is 3.06. The monoisotopic (exact) mass is 287 g/mol. The lowest BCUT2D eigenvalue weighted by Crippen LogP contribution is -2.32. The molecule has 0 aromatic heterocycles. The number of methoxy groups -OCH3 is 1. The Morgan fingerprint density at radius 2 is 2.11 bits per heavy atom. The minimum absolute atomic E-state index is 0.0502. The van der Waals surface area contributed by atoms with Crippen molar-refractivity contribution in [3.8, 4) is 5.75 Å². The smallest absolute Gasteiger partial charge is 0.304 e. The van der Waals surface area contributed by atoms with Crippen molar-refractivity contribution in [3.63, 3.8) is 0 Å². The van der Waals surface area contributed by atoms with E-state index in [2.05, 4.69) is 0 Å². The van der Waals surface area contributed by atoms with E-state index in [1.165, 1.54) is 19.2 Å². The van der Waals surface area contributed by atoms with Gasteiger partial charge in [0, 0.05) is 19.2 Å². The molecular weight excluding hydrogens is 270 g/mol. The second-order valence-electron chi connectivity index (χ2n) is 3.82. The van der Waals surface area contributed by atoms with E-state index in [4.69, 9.17) is 9.84 Å². The summed E-state index contributed by atoms with van der Waals surface area (Å²) >= 11 is 0. The fraction of sp³-hybridized carbons (Fsp3) is 0.417. The third-order valence-electron chi connectivity index (χ3n) is 2.61. The molecule has 0 amide bonds. The highest BCUT2D eigenvalue weighted by Gasteiger charge is 2.23. The topological polar surface area (TPSA) is 83.9 Å². The zero-order chi connectivity index (χ0) is 14.5. The predicted octanol–water partition coefficient (Wildman–Crippen LogP) is 1.18. The number of hydrogen-bond donors (Lipinski definition) is 1. The molecule has 0 heterocycles. The van der Waals surface area contributed by atoms with Gasteiger partial charge in [0.15, 0.2) is 0 Å². The van der Waals surface area contributed by atoms with E-state index in [0.29, 0.717) is 5.75 Å². The van der Waals surface area contributed by atoms with Crippen LogP contribution in [0.15, 0.2) is 29.2 Å². The van der Waals surface area contributed by atoms with Crippen LogP contribution < -0.4 is 4.74 Å². The van der Waals surface area contributed by atoms with Gasteiger partial charge in [0.05, 0.1) is 18.4 Å². The Morgan fingerprint density at radius 1 is 1.42 bits per heavy atom. The molecule has 0 unspecified atom stereocenters. The van der Waals surface area contributed by atoms with Crippen LogP contribution in [-0.2, 0) is 14.8 Å². The standard InChI is InChI=1S/C12H17NO5S/c1-3-13(8-7-12(14)15)19(16,17)11-6-4-5-10(9-11)18-2/h4-6,9H,3,7-8H2,1-2H3,(H,14,15). The number of rotatable bonds is 7. The molecule has 0 aliphatic carbocycles. The van der Waals surface area contributed by atoms with Gasteiger partial charge in [-0.25, -0.2) is 8.42 Å². The first kappa shape index (κ1) is 15.5. The van der Waals surface area contributed by atoms with Gasteiger partial charge in [-0.2, -0.15) is 4.31 Å². The maximum atomic E-state index is 12.3. The molecule has 1 aromatic rings. The van der Waals surface area contributed by atoms with Crippen LogP contribution in [0.4, 0.5) is 0 Å². The molecule has 1 aromatic carbocycles. The van der Waals surface area contributed by atoms with Crippen molar-refractivity contribution in [2.75, 3.05) is 20.2 Å². The van der Waals surface area contributed by atoms with E-state index in [1.54, 1.807) is 19.1 Å². The number of nitrogens with zero attached hydrogens (tertiary/aromatic N) is 1. The highest BCUT2D eigenvalue weighted by molar-refractivity contribution is 7.89. The average Bonchev–Trinajstić information content (AvgIpc) is 2.39. The predicted molar refractivity (Wildman–Crippen MR) is 69.7 cm³/mol. The molecule has 0 bridgehead atoms. The Bertz CT molecular complexity index is 541. The lowest BCUT2D eigenvalue weighted by molar-refractivity contribution is -0.137. The summed E-state index contributed by atoms with van der Waals surface area (Å²) in [5, 5.41) is 8.63. The summed E-state index contributed by atoms with van der Waals surface area (Å²) in [6.45, 7) is 1.83. The summed E-state index contributed by atoms with van der Waals surface area (Å²) in [4.78, 5) is 10.6. The molecule has 0 fully saturated rings. The van der Waals surface area contributed by atoms with E-state index in [-0.39, 0.29) is 24.4 Å². The Kier molecular flexibility index (Phi) is 5.31. The molecule has 0 saturated carbocycles. The largest absolute Gasteiger partial charge is 0.497 e. The number of benzene rings is 1. The molecule has 0 radical (unpaired) electrons. The maximum absolute atomic E-state index is 12.3. The van der Waals surface area contributed by atoms with E-state index in [0.717, 1.165) is 4.31 Å². The van der Waals surface area contributed by atoms with Crippen LogP contribution >= 0.6 is 0 Å². The molecule has 0 aliphatic heterocycles. The third kappa shape index (κ3) is 3.93. The Hall–Kier alpha value is -1.60. The van der Waals surface area contributed by atoms with Gasteiger partial charge in [0.25, 0.3) is 0 Å². The van der Waals surface area contributed by atoms with Gasteiger partial charge in [0.1, 0.15) is 5.75 Å². The minimum Gasteiger partial charge on any atom is -0.497 e. The number of carboxylic acids is 1. The zero-order valence-corrected chi connectivity index (χ0v) is 11.7. The van der Waals surface area contributed by atoms with Crippen LogP contribution in [0.2, 0.25) is 0 Å². The molecular formula is C12H17NO5S. The van der Waals surface area contributed by atoms with Crippen molar-refractivity contribution in [2.24, 2.45) is 0 Å². The lowest BCUT2D eigenvalue weighted by Gasteiger charge is -2.19. The molecule has 0 aliphatic rings. The average molecular weight is 287 g/mol. The van der Waals surface area contributed by atoms with Crippen molar-refractivity contribution >= 4 is 16.0 Å². The Labute approximate surface area is 112 Å². The van der Waals surface area contributed by atoms with Crippen molar-refractivity contribution in [1.29, 1.82) is 0 Å². The minimum atomic E-state index is -3.69. The summed E-state index contributed by atoms with van der Waals surface area (Å²) < 4.78 is 30.8. The molecule has 6 nitrogen and oxygen atoms in total. The number of hydrogen-bond acceptors (Lipinski definition) is 4. The second kappa shape index (κ2) is 6.53. The number of aliphatic carboxylic acids is 1. The first-order valence-corrected chi connectivity index (χ1v) is 7.21. The van der Waals surface area contributed by atoms with E-state index in [1.807, 2.05) is 0 Å². The molecule has 1 N–H and O–H groups in total. The van der Waals surface area contributed by atoms with Crippen molar-refractivity contribution in [3.05, 3.63) is 24.3 Å². The number of carbonyl (C=O) groups is 1. The third-order valence-corrected chi connectivity index (χ3v) is 4.58. The van der Waals surface area contributed by atoms with Gasteiger partial charge < -0.3 is 9.84 Å². The van der Waals surface area contributed by atoms with Gasteiger partial charge in [-0.15, -0.1) is 0 Å². The SMILES string of the molecule is CCN(CCC(=O)O)S(=O)(=O)c1cccc(OC)c1. The molecule has 1 rings (SSSR count). The molecule has 0 saturated heterocycles. The Balaban J connectivity index is 3.02. The van der Waals surface area contributed by atoms with Crippen LogP contribution in [0.5, 0.6) is 5.75 Å². The van der Waals surface area contributed by atoms with Crippen molar-refractivity contribution < 1.29 is 23.1 Å². The van der Waals surface area contributed by atoms with E-state index >= 15 is 0 Å². The van der Waals surface area contributed by atoms with E-state index in [9.17, 15) is 13.2 Å². The van der Waals surface area contributed by atoms with Crippen LogP contribution in [0.3, 0.4) is 0 Å². The Morgan fingerprint density at radius 3 is 2.63 bits per heavy atom. The fourth-order valence-electron chi connectivity index (χ4n) is 1.58. The number of carboxylic acid groups (broad SMARTS) is 1. The van der Waals surface area contributed by atoms with Gasteiger partial charge in [0.2, 0.25) is 10.0 Å². The normalized spacial score (nSPS) is 11.5. The van der Waals surface area contributed by atoms with Crippen molar-refractivity contribution in [2.45, 2.75) is 18.2 Å². The highest BCUT2D eigenvalue weighted by atomic mass is 32.2. The van der Waals surface area contributed by atoms with Crippen LogP contribution in [0.25, 0.3) is 0 Å². The van der Waals surface area contributed by atoms with Gasteiger partial charge in [-0.3, -0.25) is 4.79 Å². The van der Waals surface area contributed by atoms with Gasteiger partial charge >= 0.3 is 5.97 Å². The van der Waals surface area contributed by atoms with Crippen LogP contribution in [0.1, 0.15) is 13.3 Å². The molecule has 106 valence electrons. The van der Waals surface area contributed by atoms with E-state index < -0.39 is 16.0 Å². The summed E-state index contributed by atoms with van der Waals surface area (Å²) in [6, 6.07) is 6.10. The quantitative estimate of drug-likeness (QED) is 0.814. The first-order valence-electron chi connectivity index (χ1n) is 5.77. The zero-order valence-electron chi connectivity index (χ0n) is 10.9. The molecule has 0 spiro atoms. The summed E-state index contributed by atoms with van der Waals surface area (Å²) in [6.07, 6.45) is -0.225. The maximum Gasteiger partial charge on any atom is 0.304 e. The highest BCUT2D eigenvalue weighted by Crippen LogP contribution is 2.20. The summed E-state index contributed by atoms with van der Waals surface area (Å²) in [5.41, 5.74) is 0. The molecule has 19 heavy (non-hydrogen) atoms. The lowest BCUT2D eigenvalue weighted by atomic mass is 10.3. The first-order chi connectivity index (χ1) is 8.91. The van der Waals surface area contributed by atoms with Crippen LogP contribution in [-0.4, -0.2) is 44.0 Å². The molecule has 7 heteroatoms. The second-order valence-corrected chi connectivity index (χ2v) is 5.76. The molecule has 0 atom stereocenters. The van der Waals surface area contributed by atoms with Crippen molar-refractivity contribution in [1.82, 2.24) is 4.31 Å². The summed E-state index contributed by atoms with van der Waals surface area (Å²) in [5.74, 6) is -0.588. The number of ether oxygens (including phenoxy) is 1. The number of sulfonamides is 1. The van der Waals surface area contributed by atoms with Gasteiger partial charge in [-0.1, -0.05) is 13.0 Å². The van der Waals surface area contributed by atoms with Gasteiger partial charge in [-0.05, 0) is 12.1 Å².